The molecule has 21 heavy (non-hydrogen) atoms. The van der Waals surface area contributed by atoms with Crippen LogP contribution in [-0.2, 0) is 6.18 Å². The van der Waals surface area contributed by atoms with Crippen LogP contribution in [0.3, 0.4) is 0 Å². The summed E-state index contributed by atoms with van der Waals surface area (Å²) in [6, 6.07) is 4.39. The number of nitrogens with zero attached hydrogens (tertiary/aromatic N) is 3. The average Bonchev–Trinajstić information content (AvgIpc) is 2.38. The van der Waals surface area contributed by atoms with Crippen molar-refractivity contribution in [1.82, 2.24) is 9.97 Å². The van der Waals surface area contributed by atoms with Crippen molar-refractivity contribution in [2.45, 2.75) is 6.18 Å². The Morgan fingerprint density at radius 2 is 1.95 bits per heavy atom. The highest BCUT2D eigenvalue weighted by molar-refractivity contribution is 5.62. The lowest BCUT2D eigenvalue weighted by molar-refractivity contribution is -0.384. The van der Waals surface area contributed by atoms with Crippen LogP contribution in [0.25, 0.3) is 0 Å². The number of nitrogens with one attached hydrogen (secondary N) is 1. The van der Waals surface area contributed by atoms with Gasteiger partial charge in [-0.2, -0.15) is 13.2 Å². The third-order valence-electron chi connectivity index (χ3n) is 2.43. The molecular weight excluding hydrogens is 291 g/mol. The van der Waals surface area contributed by atoms with Gasteiger partial charge in [0.15, 0.2) is 0 Å². The normalized spacial score (nSPS) is 11.2. The van der Waals surface area contributed by atoms with Gasteiger partial charge in [0.05, 0.1) is 16.8 Å². The van der Waals surface area contributed by atoms with Crippen LogP contribution >= 0.6 is 0 Å². The summed E-state index contributed by atoms with van der Waals surface area (Å²) in [6.45, 7) is 0. The van der Waals surface area contributed by atoms with Crippen LogP contribution in [0.1, 0.15) is 5.69 Å². The monoisotopic (exact) mass is 299 g/mol. The van der Waals surface area contributed by atoms with E-state index >= 15 is 0 Å². The van der Waals surface area contributed by atoms with Gasteiger partial charge < -0.3 is 11.1 Å². The van der Waals surface area contributed by atoms with E-state index in [4.69, 9.17) is 5.73 Å². The molecule has 0 atom stereocenters. The van der Waals surface area contributed by atoms with Crippen LogP contribution < -0.4 is 11.1 Å². The molecule has 3 N–H and O–H groups in total. The van der Waals surface area contributed by atoms with E-state index in [2.05, 4.69) is 15.3 Å². The Morgan fingerprint density at radius 1 is 1.24 bits per heavy atom. The molecule has 10 heteroatoms. The predicted molar refractivity (Wildman–Crippen MR) is 67.8 cm³/mol. The molecule has 0 unspecified atom stereocenters. The number of nitro groups is 1. The Labute approximate surface area is 115 Å². The lowest BCUT2D eigenvalue weighted by atomic mass is 10.3. The molecule has 2 aromatic rings. The van der Waals surface area contributed by atoms with E-state index in [9.17, 15) is 23.3 Å². The van der Waals surface area contributed by atoms with Gasteiger partial charge >= 0.3 is 11.9 Å². The quantitative estimate of drug-likeness (QED) is 0.666. The smallest absolute Gasteiger partial charge is 0.378 e. The van der Waals surface area contributed by atoms with Crippen molar-refractivity contribution >= 4 is 23.0 Å². The number of nitrogens with two attached hydrogens (primary N) is 1. The van der Waals surface area contributed by atoms with Gasteiger partial charge in [0.2, 0.25) is 5.82 Å². The van der Waals surface area contributed by atoms with Gasteiger partial charge in [-0.25, -0.2) is 9.97 Å². The molecule has 0 aliphatic carbocycles. The first-order valence-electron chi connectivity index (χ1n) is 5.48. The standard InChI is InChI=1S/C11H8F3N5O2/c12-11(13,14)8-3-1-6(5-16-8)17-9-4-2-7(19(20)21)10(15)18-9/h1-5H,(H3,15,17,18). The van der Waals surface area contributed by atoms with Gasteiger partial charge in [0, 0.05) is 6.07 Å². The zero-order valence-electron chi connectivity index (χ0n) is 10.3. The number of hydrogen-bond donors (Lipinski definition) is 2. The molecule has 0 fully saturated rings. The molecule has 0 aromatic carbocycles. The Morgan fingerprint density at radius 3 is 2.43 bits per heavy atom. The predicted octanol–water partition coefficient (Wildman–Crippen LogP) is 2.73. The highest BCUT2D eigenvalue weighted by Gasteiger charge is 2.32. The van der Waals surface area contributed by atoms with E-state index in [1.807, 2.05) is 0 Å². The largest absolute Gasteiger partial charge is 0.433 e. The first-order chi connectivity index (χ1) is 9.77. The SMILES string of the molecule is Nc1nc(Nc2ccc(C(F)(F)F)nc2)ccc1[N+](=O)[O-]. The van der Waals surface area contributed by atoms with Crippen LogP contribution in [0.4, 0.5) is 36.2 Å². The second kappa shape index (κ2) is 5.23. The minimum Gasteiger partial charge on any atom is -0.378 e. The summed E-state index contributed by atoms with van der Waals surface area (Å²) in [7, 11) is 0. The van der Waals surface area contributed by atoms with Gasteiger partial charge in [-0.3, -0.25) is 10.1 Å². The minimum absolute atomic E-state index is 0.152. The van der Waals surface area contributed by atoms with Crippen LogP contribution in [-0.4, -0.2) is 14.9 Å². The fourth-order valence-electron chi connectivity index (χ4n) is 1.47. The molecule has 0 saturated heterocycles. The van der Waals surface area contributed by atoms with E-state index in [1.54, 1.807) is 0 Å². The van der Waals surface area contributed by atoms with Crippen molar-refractivity contribution in [3.63, 3.8) is 0 Å². The summed E-state index contributed by atoms with van der Waals surface area (Å²) in [5.41, 5.74) is 4.26. The fourth-order valence-corrected chi connectivity index (χ4v) is 1.47. The van der Waals surface area contributed by atoms with Crippen LogP contribution in [0.5, 0.6) is 0 Å². The van der Waals surface area contributed by atoms with Crippen LogP contribution in [0.2, 0.25) is 0 Å². The molecule has 0 aliphatic heterocycles. The lowest BCUT2D eigenvalue weighted by Crippen LogP contribution is -2.07. The number of pyridine rings is 2. The molecule has 0 saturated carbocycles. The number of anilines is 3. The molecule has 2 aromatic heterocycles. The van der Waals surface area contributed by atoms with Crippen molar-refractivity contribution in [1.29, 1.82) is 0 Å². The van der Waals surface area contributed by atoms with E-state index < -0.39 is 16.8 Å². The number of rotatable bonds is 3. The van der Waals surface area contributed by atoms with Crippen molar-refractivity contribution < 1.29 is 18.1 Å². The van der Waals surface area contributed by atoms with Crippen LogP contribution in [0.15, 0.2) is 30.5 Å². The Hall–Kier alpha value is -2.91. The fraction of sp³-hybridized carbons (Fsp3) is 0.0909. The second-order valence-electron chi connectivity index (χ2n) is 3.91. The van der Waals surface area contributed by atoms with Gasteiger partial charge in [0.1, 0.15) is 11.5 Å². The summed E-state index contributed by atoms with van der Waals surface area (Å²) in [5.74, 6) is -0.149. The number of hydrogen-bond acceptors (Lipinski definition) is 6. The molecule has 110 valence electrons. The second-order valence-corrected chi connectivity index (χ2v) is 3.91. The first kappa shape index (κ1) is 14.5. The zero-order valence-corrected chi connectivity index (χ0v) is 10.3. The molecule has 7 nitrogen and oxygen atoms in total. The summed E-state index contributed by atoms with van der Waals surface area (Å²) in [6.07, 6.45) is -3.54. The van der Waals surface area contributed by atoms with Crippen molar-refractivity contribution in [3.8, 4) is 0 Å². The third-order valence-corrected chi connectivity index (χ3v) is 2.43. The Kier molecular flexibility index (Phi) is 3.61. The molecule has 0 radical (unpaired) electrons. The van der Waals surface area contributed by atoms with E-state index in [0.717, 1.165) is 24.4 Å². The number of aromatic nitrogens is 2. The topological polar surface area (TPSA) is 107 Å². The van der Waals surface area contributed by atoms with Crippen molar-refractivity contribution in [3.05, 3.63) is 46.3 Å². The zero-order chi connectivity index (χ0) is 15.6. The highest BCUT2D eigenvalue weighted by atomic mass is 19.4. The Balaban J connectivity index is 2.19. The maximum absolute atomic E-state index is 12.3. The molecule has 0 amide bonds. The molecule has 2 rings (SSSR count). The maximum atomic E-state index is 12.3. The minimum atomic E-state index is -4.52. The van der Waals surface area contributed by atoms with Gasteiger partial charge in [0.25, 0.3) is 0 Å². The average molecular weight is 299 g/mol. The number of alkyl halides is 3. The first-order valence-corrected chi connectivity index (χ1v) is 5.48. The summed E-state index contributed by atoms with van der Waals surface area (Å²) in [4.78, 5) is 16.9. The third kappa shape index (κ3) is 3.35. The van der Waals surface area contributed by atoms with E-state index in [-0.39, 0.29) is 23.0 Å². The van der Waals surface area contributed by atoms with Gasteiger partial charge in [-0.1, -0.05) is 0 Å². The molecule has 0 bridgehead atoms. The van der Waals surface area contributed by atoms with Crippen LogP contribution in [0, 0.1) is 10.1 Å². The highest BCUT2D eigenvalue weighted by Crippen LogP contribution is 2.28. The van der Waals surface area contributed by atoms with Gasteiger partial charge in [-0.05, 0) is 18.2 Å². The maximum Gasteiger partial charge on any atom is 0.433 e. The molecule has 2 heterocycles. The molecule has 0 aliphatic rings. The number of nitrogen functional groups attached to an aromatic ring is 1. The van der Waals surface area contributed by atoms with Crippen molar-refractivity contribution in [2.24, 2.45) is 0 Å². The van der Waals surface area contributed by atoms with E-state index in [1.165, 1.54) is 6.07 Å². The summed E-state index contributed by atoms with van der Waals surface area (Å²) >= 11 is 0. The molecular formula is C11H8F3N5O2. The molecule has 0 spiro atoms. The van der Waals surface area contributed by atoms with E-state index in [0.29, 0.717) is 0 Å². The Bertz CT molecular complexity index is 673. The summed E-state index contributed by atoms with van der Waals surface area (Å²) < 4.78 is 37.0. The van der Waals surface area contributed by atoms with Crippen molar-refractivity contribution in [2.75, 3.05) is 11.1 Å². The van der Waals surface area contributed by atoms with Gasteiger partial charge in [-0.15, -0.1) is 0 Å². The lowest BCUT2D eigenvalue weighted by Gasteiger charge is -2.08. The summed E-state index contributed by atoms with van der Waals surface area (Å²) in [5, 5.41) is 13.2. The number of halogens is 3.